The fraction of sp³-hybridized carbons (Fsp3) is 0.381. The van der Waals surface area contributed by atoms with Crippen LogP contribution >= 0.6 is 0 Å². The highest BCUT2D eigenvalue weighted by atomic mass is 16.2. The van der Waals surface area contributed by atoms with Crippen LogP contribution in [0.4, 0.5) is 11.4 Å². The maximum absolute atomic E-state index is 12.5. The van der Waals surface area contributed by atoms with Crippen molar-refractivity contribution in [2.75, 3.05) is 42.9 Å². The van der Waals surface area contributed by atoms with Crippen LogP contribution in [0.5, 0.6) is 0 Å². The van der Waals surface area contributed by atoms with Gasteiger partial charge in [-0.25, -0.2) is 0 Å². The Morgan fingerprint density at radius 2 is 1.72 bits per heavy atom. The molecule has 0 atom stereocenters. The number of para-hydroxylation sites is 1. The van der Waals surface area contributed by atoms with Crippen LogP contribution in [0.2, 0.25) is 0 Å². The number of rotatable bonds is 5. The summed E-state index contributed by atoms with van der Waals surface area (Å²) >= 11 is 0. The Hall–Kier alpha value is -2.49. The van der Waals surface area contributed by atoms with Crippen molar-refractivity contribution in [2.45, 2.75) is 20.3 Å². The van der Waals surface area contributed by atoms with Crippen molar-refractivity contribution in [3.8, 4) is 0 Å². The van der Waals surface area contributed by atoms with Gasteiger partial charge in [0.25, 0.3) is 0 Å². The van der Waals surface area contributed by atoms with Gasteiger partial charge in [0.2, 0.25) is 5.91 Å². The van der Waals surface area contributed by atoms with E-state index in [0.717, 1.165) is 31.9 Å². The number of benzene rings is 2. The summed E-state index contributed by atoms with van der Waals surface area (Å²) in [5, 5.41) is 3.40. The molecule has 4 heteroatoms. The third-order valence-corrected chi connectivity index (χ3v) is 4.80. The molecular weight excluding hydrogens is 310 g/mol. The second-order valence-electron chi connectivity index (χ2n) is 6.70. The molecule has 0 spiro atoms. The van der Waals surface area contributed by atoms with Crippen LogP contribution in [0, 0.1) is 13.8 Å². The quantitative estimate of drug-likeness (QED) is 0.908. The van der Waals surface area contributed by atoms with E-state index in [4.69, 9.17) is 0 Å². The molecule has 1 N–H and O–H groups in total. The van der Waals surface area contributed by atoms with Gasteiger partial charge in [-0.3, -0.25) is 4.79 Å². The Balaban J connectivity index is 1.44. The van der Waals surface area contributed by atoms with Crippen molar-refractivity contribution in [1.82, 2.24) is 4.90 Å². The van der Waals surface area contributed by atoms with Crippen LogP contribution < -0.4 is 10.2 Å². The largest absolute Gasteiger partial charge is 0.384 e. The first-order valence-electron chi connectivity index (χ1n) is 9.02. The average Bonchev–Trinajstić information content (AvgIpc) is 2.65. The Morgan fingerprint density at radius 3 is 2.44 bits per heavy atom. The van der Waals surface area contributed by atoms with Crippen molar-refractivity contribution in [1.29, 1.82) is 0 Å². The molecule has 25 heavy (non-hydrogen) atoms. The van der Waals surface area contributed by atoms with Gasteiger partial charge >= 0.3 is 0 Å². The van der Waals surface area contributed by atoms with Crippen LogP contribution in [0.25, 0.3) is 0 Å². The van der Waals surface area contributed by atoms with Gasteiger partial charge in [0.1, 0.15) is 0 Å². The maximum atomic E-state index is 12.5. The Kier molecular flexibility index (Phi) is 5.59. The smallest absolute Gasteiger partial charge is 0.224 e. The molecule has 132 valence electrons. The molecule has 2 aromatic carbocycles. The van der Waals surface area contributed by atoms with Crippen LogP contribution in [-0.2, 0) is 4.79 Å². The number of anilines is 2. The fourth-order valence-electron chi connectivity index (χ4n) is 3.24. The number of amides is 1. The highest BCUT2D eigenvalue weighted by molar-refractivity contribution is 5.77. The Labute approximate surface area is 150 Å². The third kappa shape index (κ3) is 4.53. The zero-order chi connectivity index (χ0) is 17.6. The lowest BCUT2D eigenvalue weighted by Gasteiger charge is -2.36. The topological polar surface area (TPSA) is 35.6 Å². The molecule has 4 nitrogen and oxygen atoms in total. The molecule has 1 saturated heterocycles. The first-order valence-corrected chi connectivity index (χ1v) is 9.02. The third-order valence-electron chi connectivity index (χ3n) is 4.80. The Morgan fingerprint density at radius 1 is 1.00 bits per heavy atom. The first-order chi connectivity index (χ1) is 12.1. The Bertz CT molecular complexity index is 706. The lowest BCUT2D eigenvalue weighted by Crippen LogP contribution is -2.49. The molecule has 1 fully saturated rings. The molecule has 2 aromatic rings. The number of nitrogens with zero attached hydrogens (tertiary/aromatic N) is 2. The predicted molar refractivity (Wildman–Crippen MR) is 104 cm³/mol. The lowest BCUT2D eigenvalue weighted by atomic mass is 10.1. The summed E-state index contributed by atoms with van der Waals surface area (Å²) in [7, 11) is 0. The average molecular weight is 337 g/mol. The van der Waals surface area contributed by atoms with Gasteiger partial charge in [-0.1, -0.05) is 30.3 Å². The number of hydrogen-bond acceptors (Lipinski definition) is 3. The van der Waals surface area contributed by atoms with Gasteiger partial charge in [-0.15, -0.1) is 0 Å². The normalized spacial score (nSPS) is 14.5. The van der Waals surface area contributed by atoms with Crippen LogP contribution in [0.1, 0.15) is 17.5 Å². The van der Waals surface area contributed by atoms with E-state index in [1.54, 1.807) is 0 Å². The van der Waals surface area contributed by atoms with E-state index in [1.165, 1.54) is 16.8 Å². The number of carbonyl (C=O) groups excluding carboxylic acids is 1. The van der Waals surface area contributed by atoms with E-state index >= 15 is 0 Å². The molecule has 3 rings (SSSR count). The van der Waals surface area contributed by atoms with Crippen molar-refractivity contribution < 1.29 is 4.79 Å². The van der Waals surface area contributed by atoms with Crippen LogP contribution in [0.3, 0.4) is 0 Å². The molecule has 0 radical (unpaired) electrons. The zero-order valence-corrected chi connectivity index (χ0v) is 15.2. The summed E-state index contributed by atoms with van der Waals surface area (Å²) in [4.78, 5) is 16.8. The van der Waals surface area contributed by atoms with E-state index in [0.29, 0.717) is 13.0 Å². The second kappa shape index (κ2) is 8.06. The van der Waals surface area contributed by atoms with Crippen molar-refractivity contribution in [3.63, 3.8) is 0 Å². The molecule has 1 heterocycles. The van der Waals surface area contributed by atoms with E-state index in [1.807, 2.05) is 11.0 Å². The lowest BCUT2D eigenvalue weighted by molar-refractivity contribution is -0.131. The van der Waals surface area contributed by atoms with Crippen molar-refractivity contribution in [2.24, 2.45) is 0 Å². The molecule has 1 amide bonds. The highest BCUT2D eigenvalue weighted by Gasteiger charge is 2.20. The minimum Gasteiger partial charge on any atom is -0.384 e. The van der Waals surface area contributed by atoms with E-state index in [9.17, 15) is 4.79 Å². The number of hydrogen-bond donors (Lipinski definition) is 1. The summed E-state index contributed by atoms with van der Waals surface area (Å²) < 4.78 is 0. The molecule has 0 aromatic heterocycles. The fourth-order valence-corrected chi connectivity index (χ4v) is 3.24. The molecular formula is C21H27N3O. The van der Waals surface area contributed by atoms with Gasteiger partial charge in [0, 0.05) is 50.5 Å². The minimum atomic E-state index is 0.241. The van der Waals surface area contributed by atoms with Gasteiger partial charge in [-0.2, -0.15) is 0 Å². The van der Waals surface area contributed by atoms with E-state index in [-0.39, 0.29) is 5.91 Å². The molecule has 1 aliphatic rings. The summed E-state index contributed by atoms with van der Waals surface area (Å²) in [6, 6.07) is 16.8. The second-order valence-corrected chi connectivity index (χ2v) is 6.70. The summed E-state index contributed by atoms with van der Waals surface area (Å²) in [5.41, 5.74) is 4.82. The number of carbonyl (C=O) groups is 1. The first kappa shape index (κ1) is 17.3. The summed E-state index contributed by atoms with van der Waals surface area (Å²) in [5.74, 6) is 0.241. The summed E-state index contributed by atoms with van der Waals surface area (Å²) in [6.07, 6.45) is 0.540. The molecule has 1 aliphatic heterocycles. The van der Waals surface area contributed by atoms with E-state index < -0.39 is 0 Å². The van der Waals surface area contributed by atoms with Crippen LogP contribution in [0.15, 0.2) is 48.5 Å². The van der Waals surface area contributed by atoms with Crippen molar-refractivity contribution >= 4 is 17.3 Å². The van der Waals surface area contributed by atoms with E-state index in [2.05, 4.69) is 66.5 Å². The minimum absolute atomic E-state index is 0.241. The highest BCUT2D eigenvalue weighted by Crippen LogP contribution is 2.17. The monoisotopic (exact) mass is 337 g/mol. The zero-order valence-electron chi connectivity index (χ0n) is 15.2. The standard InChI is InChI=1S/C21H27N3O/c1-17-8-9-18(2)20(16-17)22-11-10-21(25)24-14-12-23(13-15-24)19-6-4-3-5-7-19/h3-9,16,22H,10-15H2,1-2H3. The molecule has 0 bridgehead atoms. The maximum Gasteiger partial charge on any atom is 0.224 e. The number of nitrogens with one attached hydrogen (secondary N) is 1. The van der Waals surface area contributed by atoms with Gasteiger partial charge in [-0.05, 0) is 43.2 Å². The van der Waals surface area contributed by atoms with Gasteiger partial charge in [0.15, 0.2) is 0 Å². The van der Waals surface area contributed by atoms with Crippen LogP contribution in [-0.4, -0.2) is 43.5 Å². The molecule has 0 aliphatic carbocycles. The van der Waals surface area contributed by atoms with Gasteiger partial charge in [0.05, 0.1) is 0 Å². The number of aryl methyl sites for hydroxylation is 2. The van der Waals surface area contributed by atoms with Crippen molar-refractivity contribution in [3.05, 3.63) is 59.7 Å². The molecule has 0 unspecified atom stereocenters. The summed E-state index contributed by atoms with van der Waals surface area (Å²) in [6.45, 7) is 8.27. The molecule has 0 saturated carbocycles. The number of piperazine rings is 1. The predicted octanol–water partition coefficient (Wildman–Crippen LogP) is 3.45. The van der Waals surface area contributed by atoms with Gasteiger partial charge < -0.3 is 15.1 Å². The SMILES string of the molecule is Cc1ccc(C)c(NCCC(=O)N2CCN(c3ccccc3)CC2)c1.